The van der Waals surface area contributed by atoms with E-state index in [0.717, 1.165) is 18.6 Å². The van der Waals surface area contributed by atoms with E-state index in [4.69, 9.17) is 4.74 Å². The van der Waals surface area contributed by atoms with Crippen molar-refractivity contribution in [1.29, 1.82) is 0 Å². The van der Waals surface area contributed by atoms with Gasteiger partial charge in [0.2, 0.25) is 5.82 Å². The Hall–Kier alpha value is -2.02. The molecule has 6 nitrogen and oxygen atoms in total. The van der Waals surface area contributed by atoms with Crippen LogP contribution >= 0.6 is 0 Å². The highest BCUT2D eigenvalue weighted by molar-refractivity contribution is 5.94. The number of halogens is 1. The molecule has 7 heteroatoms. The summed E-state index contributed by atoms with van der Waals surface area (Å²) in [5.74, 6) is -1.33. The number of carbonyl (C=O) groups is 1. The first-order valence-corrected chi connectivity index (χ1v) is 5.90. The van der Waals surface area contributed by atoms with Crippen molar-refractivity contribution in [3.63, 3.8) is 0 Å². The summed E-state index contributed by atoms with van der Waals surface area (Å²) in [6, 6.07) is 3.19. The van der Waals surface area contributed by atoms with Gasteiger partial charge in [-0.15, -0.1) is 0 Å². The van der Waals surface area contributed by atoms with E-state index >= 15 is 0 Å². The quantitative estimate of drug-likeness (QED) is 0.603. The molecular weight excluding hydrogens is 255 g/mol. The normalized spacial score (nSPS) is 15.9. The van der Waals surface area contributed by atoms with E-state index in [1.807, 2.05) is 0 Å². The Morgan fingerprint density at radius 1 is 1.37 bits per heavy atom. The standard InChI is InChI=1S/C12H13FN2O4/c13-10-8-9(2-3-11(10)15(17)18)12(16)14-4-1-6-19-7-5-14/h2-3,8H,1,4-7H2. The first-order valence-electron chi connectivity index (χ1n) is 5.90. The van der Waals surface area contributed by atoms with E-state index in [0.29, 0.717) is 26.3 Å². The van der Waals surface area contributed by atoms with Crippen molar-refractivity contribution in [1.82, 2.24) is 4.90 Å². The van der Waals surface area contributed by atoms with Gasteiger partial charge in [0, 0.05) is 31.3 Å². The third-order valence-corrected chi connectivity index (χ3v) is 2.90. The summed E-state index contributed by atoms with van der Waals surface area (Å²) in [4.78, 5) is 23.4. The van der Waals surface area contributed by atoms with Crippen LogP contribution < -0.4 is 0 Å². The van der Waals surface area contributed by atoms with Gasteiger partial charge < -0.3 is 9.64 Å². The van der Waals surface area contributed by atoms with Crippen molar-refractivity contribution < 1.29 is 18.8 Å². The molecule has 1 aliphatic rings. The number of nitrogens with zero attached hydrogens (tertiary/aromatic N) is 2. The number of hydrogen-bond donors (Lipinski definition) is 0. The lowest BCUT2D eigenvalue weighted by Gasteiger charge is -2.19. The highest BCUT2D eigenvalue weighted by Gasteiger charge is 2.21. The van der Waals surface area contributed by atoms with Crippen LogP contribution in [0.25, 0.3) is 0 Å². The third kappa shape index (κ3) is 3.05. The SMILES string of the molecule is O=C(c1ccc([N+](=O)[O-])c(F)c1)N1CCCOCC1. The topological polar surface area (TPSA) is 72.7 Å². The summed E-state index contributed by atoms with van der Waals surface area (Å²) < 4.78 is 18.7. The van der Waals surface area contributed by atoms with Gasteiger partial charge in [-0.05, 0) is 18.6 Å². The Morgan fingerprint density at radius 3 is 2.84 bits per heavy atom. The van der Waals surface area contributed by atoms with Crippen LogP contribution in [0.2, 0.25) is 0 Å². The second-order valence-electron chi connectivity index (χ2n) is 4.18. The molecule has 0 saturated carbocycles. The molecule has 1 aromatic carbocycles. The first-order chi connectivity index (χ1) is 9.09. The van der Waals surface area contributed by atoms with Crippen molar-refractivity contribution in [2.24, 2.45) is 0 Å². The maximum absolute atomic E-state index is 13.5. The smallest absolute Gasteiger partial charge is 0.304 e. The van der Waals surface area contributed by atoms with Crippen LogP contribution in [0.3, 0.4) is 0 Å². The molecule has 0 aromatic heterocycles. The predicted molar refractivity (Wildman–Crippen MR) is 64.4 cm³/mol. The molecule has 0 radical (unpaired) electrons. The maximum Gasteiger partial charge on any atom is 0.304 e. The number of nitro benzene ring substituents is 1. The van der Waals surface area contributed by atoms with Crippen LogP contribution in [0.4, 0.5) is 10.1 Å². The highest BCUT2D eigenvalue weighted by atomic mass is 19.1. The molecule has 0 unspecified atom stereocenters. The second-order valence-corrected chi connectivity index (χ2v) is 4.18. The van der Waals surface area contributed by atoms with Gasteiger partial charge in [-0.1, -0.05) is 0 Å². The van der Waals surface area contributed by atoms with Crippen molar-refractivity contribution in [2.45, 2.75) is 6.42 Å². The lowest BCUT2D eigenvalue weighted by atomic mass is 10.1. The van der Waals surface area contributed by atoms with Crippen LogP contribution in [-0.2, 0) is 4.74 Å². The summed E-state index contributed by atoms with van der Waals surface area (Å²) in [7, 11) is 0. The van der Waals surface area contributed by atoms with Gasteiger partial charge in [-0.25, -0.2) is 0 Å². The lowest BCUT2D eigenvalue weighted by Crippen LogP contribution is -2.33. The zero-order valence-electron chi connectivity index (χ0n) is 10.2. The molecule has 102 valence electrons. The number of hydrogen-bond acceptors (Lipinski definition) is 4. The zero-order chi connectivity index (χ0) is 13.8. The van der Waals surface area contributed by atoms with Gasteiger partial charge in [0.1, 0.15) is 0 Å². The summed E-state index contributed by atoms with van der Waals surface area (Å²) in [5.41, 5.74) is -0.513. The number of amides is 1. The fourth-order valence-electron chi connectivity index (χ4n) is 1.92. The van der Waals surface area contributed by atoms with Gasteiger partial charge >= 0.3 is 5.69 Å². The molecule has 2 rings (SSSR count). The van der Waals surface area contributed by atoms with Crippen LogP contribution in [0.15, 0.2) is 18.2 Å². The van der Waals surface area contributed by atoms with Gasteiger partial charge in [-0.2, -0.15) is 4.39 Å². The van der Waals surface area contributed by atoms with Crippen LogP contribution in [-0.4, -0.2) is 42.0 Å². The molecule has 0 bridgehead atoms. The predicted octanol–water partition coefficient (Wildman–Crippen LogP) is 1.60. The minimum Gasteiger partial charge on any atom is -0.380 e. The van der Waals surface area contributed by atoms with Crippen LogP contribution in [0.1, 0.15) is 16.8 Å². The molecule has 0 atom stereocenters. The largest absolute Gasteiger partial charge is 0.380 e. The summed E-state index contributed by atoms with van der Waals surface area (Å²) in [5, 5.41) is 10.5. The van der Waals surface area contributed by atoms with E-state index < -0.39 is 16.4 Å². The molecule has 1 aromatic rings. The minimum absolute atomic E-state index is 0.116. The molecule has 1 amide bonds. The van der Waals surface area contributed by atoms with E-state index in [1.165, 1.54) is 6.07 Å². The third-order valence-electron chi connectivity index (χ3n) is 2.90. The molecular formula is C12H13FN2O4. The van der Waals surface area contributed by atoms with Crippen molar-refractivity contribution in [3.8, 4) is 0 Å². The van der Waals surface area contributed by atoms with E-state index in [1.54, 1.807) is 4.90 Å². The number of nitro groups is 1. The van der Waals surface area contributed by atoms with E-state index in [-0.39, 0.29) is 11.5 Å². The summed E-state index contributed by atoms with van der Waals surface area (Å²) >= 11 is 0. The lowest BCUT2D eigenvalue weighted by molar-refractivity contribution is -0.387. The Balaban J connectivity index is 2.19. The molecule has 1 aliphatic heterocycles. The Morgan fingerprint density at radius 2 is 2.16 bits per heavy atom. The highest BCUT2D eigenvalue weighted by Crippen LogP contribution is 2.19. The van der Waals surface area contributed by atoms with Gasteiger partial charge in [-0.3, -0.25) is 14.9 Å². The average molecular weight is 268 g/mol. The molecule has 1 saturated heterocycles. The van der Waals surface area contributed by atoms with E-state index in [9.17, 15) is 19.3 Å². The van der Waals surface area contributed by atoms with Crippen molar-refractivity contribution in [2.75, 3.05) is 26.3 Å². The number of benzene rings is 1. The molecule has 19 heavy (non-hydrogen) atoms. The first kappa shape index (κ1) is 13.4. The minimum atomic E-state index is -0.998. The van der Waals surface area contributed by atoms with Gasteiger partial charge in [0.15, 0.2) is 0 Å². The van der Waals surface area contributed by atoms with Crippen molar-refractivity contribution >= 4 is 11.6 Å². The Kier molecular flexibility index (Phi) is 4.06. The summed E-state index contributed by atoms with van der Waals surface area (Å²) in [6.45, 7) is 2.02. The van der Waals surface area contributed by atoms with Gasteiger partial charge in [0.25, 0.3) is 5.91 Å². The van der Waals surface area contributed by atoms with Crippen molar-refractivity contribution in [3.05, 3.63) is 39.7 Å². The van der Waals surface area contributed by atoms with Crippen LogP contribution in [0, 0.1) is 15.9 Å². The molecule has 1 fully saturated rings. The van der Waals surface area contributed by atoms with E-state index in [2.05, 4.69) is 0 Å². The van der Waals surface area contributed by atoms with Crippen LogP contribution in [0.5, 0.6) is 0 Å². The summed E-state index contributed by atoms with van der Waals surface area (Å²) in [6.07, 6.45) is 0.723. The molecule has 0 spiro atoms. The Bertz CT molecular complexity index is 499. The number of carbonyl (C=O) groups excluding carboxylic acids is 1. The Labute approximate surface area is 108 Å². The second kappa shape index (κ2) is 5.75. The zero-order valence-corrected chi connectivity index (χ0v) is 10.2. The molecule has 0 N–H and O–H groups in total. The van der Waals surface area contributed by atoms with Gasteiger partial charge in [0.05, 0.1) is 11.5 Å². The average Bonchev–Trinajstić information content (AvgIpc) is 2.66. The number of ether oxygens (including phenoxy) is 1. The molecule has 1 heterocycles. The number of rotatable bonds is 2. The monoisotopic (exact) mass is 268 g/mol. The fraction of sp³-hybridized carbons (Fsp3) is 0.417. The molecule has 0 aliphatic carbocycles. The fourth-order valence-corrected chi connectivity index (χ4v) is 1.92. The maximum atomic E-state index is 13.5.